The molecule has 2 aromatic heterocycles. The minimum atomic E-state index is -0.170. The van der Waals surface area contributed by atoms with Gasteiger partial charge in [-0.25, -0.2) is 4.98 Å². The van der Waals surface area contributed by atoms with Gasteiger partial charge in [-0.05, 0) is 48.6 Å². The Morgan fingerprint density at radius 1 is 1.32 bits per heavy atom. The summed E-state index contributed by atoms with van der Waals surface area (Å²) in [6.45, 7) is 4.41. The van der Waals surface area contributed by atoms with Crippen molar-refractivity contribution in [3.05, 3.63) is 51.4 Å². The maximum Gasteiger partial charge on any atom is 0.282 e. The summed E-state index contributed by atoms with van der Waals surface area (Å²) in [6, 6.07) is 7.29. The van der Waals surface area contributed by atoms with Crippen LogP contribution in [0.2, 0.25) is 0 Å². The summed E-state index contributed by atoms with van der Waals surface area (Å²) in [5.74, 6) is 1.87. The number of aromatic nitrogens is 2. The predicted molar refractivity (Wildman–Crippen MR) is 100 cm³/mol. The number of rotatable bonds is 6. The van der Waals surface area contributed by atoms with Crippen LogP contribution < -0.4 is 15.0 Å². The molecule has 0 aliphatic rings. The third-order valence-electron chi connectivity index (χ3n) is 3.61. The van der Waals surface area contributed by atoms with E-state index in [1.54, 1.807) is 26.3 Å². The summed E-state index contributed by atoms with van der Waals surface area (Å²) in [5.41, 5.74) is 0.639. The predicted octanol–water partition coefficient (Wildman–Crippen LogP) is 3.45. The van der Waals surface area contributed by atoms with E-state index in [-0.39, 0.29) is 5.56 Å². The molecule has 3 rings (SSSR count). The number of nitrogens with zero attached hydrogens (tertiary/aromatic N) is 3. The molecule has 130 valence electrons. The van der Waals surface area contributed by atoms with E-state index in [0.29, 0.717) is 29.3 Å². The van der Waals surface area contributed by atoms with Crippen LogP contribution in [0.15, 0.2) is 39.5 Å². The van der Waals surface area contributed by atoms with Gasteiger partial charge in [0.15, 0.2) is 11.5 Å². The van der Waals surface area contributed by atoms with Gasteiger partial charge in [0.2, 0.25) is 0 Å². The molecule has 7 heteroatoms. The third kappa shape index (κ3) is 3.56. The molecule has 0 saturated heterocycles. The van der Waals surface area contributed by atoms with Crippen LogP contribution in [0.3, 0.4) is 0 Å². The third-order valence-corrected chi connectivity index (χ3v) is 4.42. The molecule has 6 nitrogen and oxygen atoms in total. The number of hydrogen-bond donors (Lipinski definition) is 0. The molecule has 1 aromatic carbocycles. The molecule has 3 aromatic rings. The zero-order valence-electron chi connectivity index (χ0n) is 14.4. The normalized spacial score (nSPS) is 11.3. The smallest absolute Gasteiger partial charge is 0.282 e. The van der Waals surface area contributed by atoms with Crippen molar-refractivity contribution in [1.82, 2.24) is 9.66 Å². The number of fused-ring (bicyclic) bond motifs is 1. The van der Waals surface area contributed by atoms with Gasteiger partial charge in [-0.2, -0.15) is 9.78 Å². The van der Waals surface area contributed by atoms with Crippen molar-refractivity contribution in [1.29, 1.82) is 0 Å². The average Bonchev–Trinajstić information content (AvgIpc) is 3.08. The lowest BCUT2D eigenvalue weighted by molar-refractivity contribution is 0.294. The van der Waals surface area contributed by atoms with Gasteiger partial charge in [0.25, 0.3) is 5.56 Å². The molecule has 0 bridgehead atoms. The Labute approximate surface area is 149 Å². The van der Waals surface area contributed by atoms with Gasteiger partial charge in [-0.15, -0.1) is 11.3 Å². The number of benzene rings is 1. The second kappa shape index (κ2) is 7.48. The van der Waals surface area contributed by atoms with E-state index in [1.807, 2.05) is 30.5 Å². The van der Waals surface area contributed by atoms with Crippen molar-refractivity contribution in [2.24, 2.45) is 5.10 Å². The first-order valence-corrected chi connectivity index (χ1v) is 8.84. The molecule has 0 saturated carbocycles. The van der Waals surface area contributed by atoms with E-state index in [1.165, 1.54) is 16.0 Å². The number of methoxy groups -OCH3 is 1. The first-order valence-electron chi connectivity index (χ1n) is 7.96. The summed E-state index contributed by atoms with van der Waals surface area (Å²) in [4.78, 5) is 17.7. The van der Waals surface area contributed by atoms with E-state index in [9.17, 15) is 4.79 Å². The highest BCUT2D eigenvalue weighted by molar-refractivity contribution is 7.16. The van der Waals surface area contributed by atoms with Gasteiger partial charge < -0.3 is 9.47 Å². The molecule has 25 heavy (non-hydrogen) atoms. The Bertz CT molecular complexity index is 975. The van der Waals surface area contributed by atoms with E-state index in [2.05, 4.69) is 10.1 Å². The van der Waals surface area contributed by atoms with Gasteiger partial charge >= 0.3 is 0 Å². The summed E-state index contributed by atoms with van der Waals surface area (Å²) in [5, 5.41) is 6.74. The maximum atomic E-state index is 12.5. The second-order valence-electron chi connectivity index (χ2n) is 5.42. The van der Waals surface area contributed by atoms with Crippen molar-refractivity contribution in [2.45, 2.75) is 20.3 Å². The van der Waals surface area contributed by atoms with Crippen LogP contribution in [0.5, 0.6) is 11.5 Å². The van der Waals surface area contributed by atoms with Gasteiger partial charge in [-0.1, -0.05) is 6.92 Å². The Hall–Kier alpha value is -2.67. The van der Waals surface area contributed by atoms with Crippen LogP contribution in [0.1, 0.15) is 24.7 Å². The molecule has 0 spiro atoms. The number of ether oxygens (including phenoxy) is 2. The quantitative estimate of drug-likeness (QED) is 0.634. The topological polar surface area (TPSA) is 65.7 Å². The monoisotopic (exact) mass is 357 g/mol. The molecule has 0 amide bonds. The highest BCUT2D eigenvalue weighted by Gasteiger charge is 2.08. The number of hydrogen-bond acceptors (Lipinski definition) is 6. The molecule has 2 heterocycles. The van der Waals surface area contributed by atoms with Crippen LogP contribution in [-0.4, -0.2) is 29.6 Å². The lowest BCUT2D eigenvalue weighted by Crippen LogP contribution is -2.19. The van der Waals surface area contributed by atoms with Crippen LogP contribution in [-0.2, 0) is 0 Å². The Kier molecular flexibility index (Phi) is 5.14. The van der Waals surface area contributed by atoms with Crippen molar-refractivity contribution >= 4 is 27.8 Å². The fraction of sp³-hybridized carbons (Fsp3) is 0.278. The van der Waals surface area contributed by atoms with Crippen molar-refractivity contribution in [2.75, 3.05) is 13.7 Å². The Balaban J connectivity index is 1.95. The first-order chi connectivity index (χ1) is 12.1. The maximum absolute atomic E-state index is 12.5. The SMILES string of the molecule is CCCOc1cc(/C=N\n2c(C)nc3sccc3c2=O)ccc1OC. The summed E-state index contributed by atoms with van der Waals surface area (Å²) in [6.07, 6.45) is 2.52. The summed E-state index contributed by atoms with van der Waals surface area (Å²) < 4.78 is 12.3. The molecule has 0 unspecified atom stereocenters. The lowest BCUT2D eigenvalue weighted by atomic mass is 10.2. The molecule has 0 aliphatic carbocycles. The van der Waals surface area contributed by atoms with Gasteiger partial charge in [0.05, 0.1) is 25.3 Å². The fourth-order valence-corrected chi connectivity index (χ4v) is 3.16. The molecule has 0 atom stereocenters. The largest absolute Gasteiger partial charge is 0.493 e. The first kappa shape index (κ1) is 17.2. The molecule has 0 N–H and O–H groups in total. The van der Waals surface area contributed by atoms with E-state index < -0.39 is 0 Å². The molecular weight excluding hydrogens is 338 g/mol. The lowest BCUT2D eigenvalue weighted by Gasteiger charge is -2.10. The van der Waals surface area contributed by atoms with Crippen molar-refractivity contribution < 1.29 is 9.47 Å². The van der Waals surface area contributed by atoms with Crippen LogP contribution in [0.25, 0.3) is 10.2 Å². The summed E-state index contributed by atoms with van der Waals surface area (Å²) >= 11 is 1.45. The molecule has 0 aliphatic heterocycles. The molecule has 0 radical (unpaired) electrons. The Morgan fingerprint density at radius 2 is 2.16 bits per heavy atom. The highest BCUT2D eigenvalue weighted by atomic mass is 32.1. The summed E-state index contributed by atoms with van der Waals surface area (Å²) in [7, 11) is 1.60. The van der Waals surface area contributed by atoms with Crippen LogP contribution in [0.4, 0.5) is 0 Å². The van der Waals surface area contributed by atoms with E-state index in [4.69, 9.17) is 9.47 Å². The van der Waals surface area contributed by atoms with Crippen molar-refractivity contribution in [3.63, 3.8) is 0 Å². The zero-order valence-corrected chi connectivity index (χ0v) is 15.2. The average molecular weight is 357 g/mol. The standard InChI is InChI=1S/C18H19N3O3S/c1-4-8-24-16-10-13(5-6-15(16)23-3)11-19-21-12(2)20-17-14(18(21)22)7-9-25-17/h5-7,9-11H,4,8H2,1-3H3/b19-11-. The minimum Gasteiger partial charge on any atom is -0.493 e. The van der Waals surface area contributed by atoms with Gasteiger partial charge in [0, 0.05) is 0 Å². The van der Waals surface area contributed by atoms with Gasteiger partial charge in [-0.3, -0.25) is 4.79 Å². The molecular formula is C18H19N3O3S. The fourth-order valence-electron chi connectivity index (χ4n) is 2.36. The zero-order chi connectivity index (χ0) is 17.8. The van der Waals surface area contributed by atoms with E-state index >= 15 is 0 Å². The highest BCUT2D eigenvalue weighted by Crippen LogP contribution is 2.27. The Morgan fingerprint density at radius 3 is 2.92 bits per heavy atom. The number of thiophene rings is 1. The second-order valence-corrected chi connectivity index (χ2v) is 6.31. The number of aryl methyl sites for hydroxylation is 1. The van der Waals surface area contributed by atoms with E-state index in [0.717, 1.165) is 16.8 Å². The van der Waals surface area contributed by atoms with Gasteiger partial charge in [0.1, 0.15) is 10.7 Å². The van der Waals surface area contributed by atoms with Crippen molar-refractivity contribution in [3.8, 4) is 11.5 Å². The van der Waals surface area contributed by atoms with Crippen LogP contribution in [0, 0.1) is 6.92 Å². The minimum absolute atomic E-state index is 0.170. The molecule has 0 fully saturated rings. The van der Waals surface area contributed by atoms with Crippen LogP contribution >= 0.6 is 11.3 Å².